The average Bonchev–Trinajstić information content (AvgIpc) is 3.08. The van der Waals surface area contributed by atoms with Crippen molar-refractivity contribution in [1.29, 1.82) is 0 Å². The van der Waals surface area contributed by atoms with E-state index in [-0.39, 0.29) is 0 Å². The zero-order valence-corrected chi connectivity index (χ0v) is 13.1. The Morgan fingerprint density at radius 2 is 1.83 bits per heavy atom. The summed E-state index contributed by atoms with van der Waals surface area (Å²) in [6, 6.07) is 2.21. The van der Waals surface area contributed by atoms with E-state index in [0.29, 0.717) is 12.1 Å². The molecule has 1 fully saturated rings. The first kappa shape index (κ1) is 15.9. The summed E-state index contributed by atoms with van der Waals surface area (Å²) < 4.78 is 0. The molecule has 0 saturated heterocycles. The lowest BCUT2D eigenvalue weighted by atomic mass is 10.1. The van der Waals surface area contributed by atoms with E-state index in [1.54, 1.807) is 0 Å². The maximum absolute atomic E-state index is 3.60. The smallest absolute Gasteiger partial charge is 0.0197 e. The standard InChI is InChI=1S/C15H33N3/c1-6-18(14(3)12-17(4)5)13(2)8-7-11-16-15-9-10-15/h13-16H,6-12H2,1-5H3. The number of hydrogen-bond donors (Lipinski definition) is 1. The summed E-state index contributed by atoms with van der Waals surface area (Å²) in [4.78, 5) is 4.92. The first-order valence-electron chi connectivity index (χ1n) is 7.68. The van der Waals surface area contributed by atoms with Gasteiger partial charge >= 0.3 is 0 Å². The van der Waals surface area contributed by atoms with Crippen LogP contribution in [0.4, 0.5) is 0 Å². The summed E-state index contributed by atoms with van der Waals surface area (Å²) in [6.45, 7) is 10.5. The topological polar surface area (TPSA) is 18.5 Å². The van der Waals surface area contributed by atoms with Gasteiger partial charge in [0, 0.05) is 24.7 Å². The summed E-state index contributed by atoms with van der Waals surface area (Å²) in [7, 11) is 4.32. The third-order valence-electron chi connectivity index (χ3n) is 3.94. The van der Waals surface area contributed by atoms with Gasteiger partial charge in [0.1, 0.15) is 0 Å². The Kier molecular flexibility index (Phi) is 7.20. The van der Waals surface area contributed by atoms with Crippen molar-refractivity contribution in [3.63, 3.8) is 0 Å². The van der Waals surface area contributed by atoms with Gasteiger partial charge in [0.15, 0.2) is 0 Å². The zero-order valence-electron chi connectivity index (χ0n) is 13.1. The van der Waals surface area contributed by atoms with Crippen LogP contribution < -0.4 is 5.32 Å². The summed E-state index contributed by atoms with van der Waals surface area (Å²) in [5.41, 5.74) is 0. The van der Waals surface area contributed by atoms with Crippen LogP contribution in [-0.2, 0) is 0 Å². The van der Waals surface area contributed by atoms with Gasteiger partial charge in [-0.2, -0.15) is 0 Å². The summed E-state index contributed by atoms with van der Waals surface area (Å²) in [5, 5.41) is 3.60. The van der Waals surface area contributed by atoms with Gasteiger partial charge in [-0.1, -0.05) is 6.92 Å². The second-order valence-corrected chi connectivity index (χ2v) is 6.16. The molecule has 108 valence electrons. The molecule has 0 aromatic rings. The minimum Gasteiger partial charge on any atom is -0.314 e. The Balaban J connectivity index is 2.19. The quantitative estimate of drug-likeness (QED) is 0.604. The van der Waals surface area contributed by atoms with Gasteiger partial charge in [-0.3, -0.25) is 4.90 Å². The van der Waals surface area contributed by atoms with Gasteiger partial charge < -0.3 is 10.2 Å². The molecule has 2 atom stereocenters. The Labute approximate surface area is 114 Å². The Bertz CT molecular complexity index is 214. The predicted octanol–water partition coefficient (Wildman–Crippen LogP) is 2.18. The third kappa shape index (κ3) is 6.17. The molecule has 18 heavy (non-hydrogen) atoms. The minimum absolute atomic E-state index is 0.649. The van der Waals surface area contributed by atoms with Crippen LogP contribution in [0.2, 0.25) is 0 Å². The molecule has 0 aliphatic heterocycles. The fourth-order valence-corrected chi connectivity index (χ4v) is 2.85. The molecule has 0 aromatic heterocycles. The molecule has 1 N–H and O–H groups in total. The summed E-state index contributed by atoms with van der Waals surface area (Å²) in [6.07, 6.45) is 5.42. The highest BCUT2D eigenvalue weighted by Gasteiger charge is 2.21. The van der Waals surface area contributed by atoms with E-state index in [1.165, 1.54) is 32.2 Å². The van der Waals surface area contributed by atoms with Crippen molar-refractivity contribution >= 4 is 0 Å². The predicted molar refractivity (Wildman–Crippen MR) is 80.1 cm³/mol. The normalized spacial score (nSPS) is 19.5. The van der Waals surface area contributed by atoms with Gasteiger partial charge in [0.25, 0.3) is 0 Å². The monoisotopic (exact) mass is 255 g/mol. The lowest BCUT2D eigenvalue weighted by Crippen LogP contribution is -2.45. The molecule has 1 saturated carbocycles. The van der Waals surface area contributed by atoms with Gasteiger partial charge in [0.05, 0.1) is 0 Å². The molecule has 2 unspecified atom stereocenters. The molecule has 0 heterocycles. The lowest BCUT2D eigenvalue weighted by molar-refractivity contribution is 0.129. The van der Waals surface area contributed by atoms with Gasteiger partial charge in [-0.15, -0.1) is 0 Å². The number of rotatable bonds is 10. The third-order valence-corrected chi connectivity index (χ3v) is 3.94. The maximum Gasteiger partial charge on any atom is 0.0197 e. The summed E-state index contributed by atoms with van der Waals surface area (Å²) in [5.74, 6) is 0. The van der Waals surface area contributed by atoms with Crippen molar-refractivity contribution in [2.75, 3.05) is 33.7 Å². The number of hydrogen-bond acceptors (Lipinski definition) is 3. The highest BCUT2D eigenvalue weighted by atomic mass is 15.2. The van der Waals surface area contributed by atoms with Gasteiger partial charge in [-0.05, 0) is 66.7 Å². The second kappa shape index (κ2) is 8.13. The zero-order chi connectivity index (χ0) is 13.5. The van der Waals surface area contributed by atoms with Crippen LogP contribution >= 0.6 is 0 Å². The Morgan fingerprint density at radius 3 is 2.33 bits per heavy atom. The van der Waals surface area contributed by atoms with Crippen LogP contribution in [0.1, 0.15) is 46.5 Å². The number of nitrogens with one attached hydrogen (secondary N) is 1. The largest absolute Gasteiger partial charge is 0.314 e. The Morgan fingerprint density at radius 1 is 1.17 bits per heavy atom. The molecule has 3 heteroatoms. The van der Waals surface area contributed by atoms with Crippen LogP contribution in [0.3, 0.4) is 0 Å². The van der Waals surface area contributed by atoms with E-state index in [9.17, 15) is 0 Å². The van der Waals surface area contributed by atoms with E-state index in [4.69, 9.17) is 0 Å². The highest BCUT2D eigenvalue weighted by Crippen LogP contribution is 2.18. The van der Waals surface area contributed by atoms with Crippen LogP contribution in [-0.4, -0.2) is 61.7 Å². The average molecular weight is 255 g/mol. The van der Waals surface area contributed by atoms with Crippen LogP contribution in [0, 0.1) is 0 Å². The van der Waals surface area contributed by atoms with Crippen molar-refractivity contribution < 1.29 is 0 Å². The molecule has 1 aliphatic carbocycles. The van der Waals surface area contributed by atoms with Crippen molar-refractivity contribution in [3.8, 4) is 0 Å². The molecule has 0 spiro atoms. The second-order valence-electron chi connectivity index (χ2n) is 6.16. The van der Waals surface area contributed by atoms with Crippen molar-refractivity contribution in [3.05, 3.63) is 0 Å². The molecule has 1 rings (SSSR count). The van der Waals surface area contributed by atoms with Crippen LogP contribution in [0.15, 0.2) is 0 Å². The van der Waals surface area contributed by atoms with E-state index in [0.717, 1.165) is 19.1 Å². The van der Waals surface area contributed by atoms with E-state index in [1.807, 2.05) is 0 Å². The van der Waals surface area contributed by atoms with Crippen LogP contribution in [0.25, 0.3) is 0 Å². The molecule has 0 aromatic carbocycles. The first-order chi connectivity index (χ1) is 8.54. The molecule has 0 amide bonds. The number of likely N-dealkylation sites (N-methyl/N-ethyl adjacent to an activating group) is 2. The molecule has 0 bridgehead atoms. The lowest BCUT2D eigenvalue weighted by Gasteiger charge is -2.35. The van der Waals surface area contributed by atoms with Crippen LogP contribution in [0.5, 0.6) is 0 Å². The van der Waals surface area contributed by atoms with E-state index >= 15 is 0 Å². The van der Waals surface area contributed by atoms with Gasteiger partial charge in [-0.25, -0.2) is 0 Å². The maximum atomic E-state index is 3.60. The number of nitrogens with zero attached hydrogens (tertiary/aromatic N) is 2. The van der Waals surface area contributed by atoms with E-state index < -0.39 is 0 Å². The molecule has 3 nitrogen and oxygen atoms in total. The SMILES string of the molecule is CCN(C(C)CCCNC1CC1)C(C)CN(C)C. The first-order valence-corrected chi connectivity index (χ1v) is 7.68. The summed E-state index contributed by atoms with van der Waals surface area (Å²) >= 11 is 0. The highest BCUT2D eigenvalue weighted by molar-refractivity contribution is 4.81. The molecule has 0 radical (unpaired) electrons. The van der Waals surface area contributed by atoms with Gasteiger partial charge in [0.2, 0.25) is 0 Å². The fourth-order valence-electron chi connectivity index (χ4n) is 2.85. The minimum atomic E-state index is 0.649. The van der Waals surface area contributed by atoms with E-state index in [2.05, 4.69) is 50.0 Å². The molecular weight excluding hydrogens is 222 g/mol. The van der Waals surface area contributed by atoms with Crippen molar-refractivity contribution in [1.82, 2.24) is 15.1 Å². The van der Waals surface area contributed by atoms with Crippen molar-refractivity contribution in [2.45, 2.75) is 64.6 Å². The van der Waals surface area contributed by atoms with Crippen molar-refractivity contribution in [2.24, 2.45) is 0 Å². The Hall–Kier alpha value is -0.120. The molecular formula is C15H33N3. The molecule has 1 aliphatic rings. The fraction of sp³-hybridized carbons (Fsp3) is 1.00.